The molecule has 0 bridgehead atoms. The summed E-state index contributed by atoms with van der Waals surface area (Å²) >= 11 is 0. The third-order valence-electron chi connectivity index (χ3n) is 3.32. The highest BCUT2D eigenvalue weighted by Crippen LogP contribution is 2.22. The van der Waals surface area contributed by atoms with Crippen LogP contribution in [0.25, 0.3) is 17.2 Å². The molecule has 24 heavy (non-hydrogen) atoms. The molecule has 8 nitrogen and oxygen atoms in total. The van der Waals surface area contributed by atoms with Crippen molar-refractivity contribution in [1.29, 1.82) is 0 Å². The van der Waals surface area contributed by atoms with Crippen molar-refractivity contribution >= 4 is 11.6 Å². The smallest absolute Gasteiger partial charge is 0.277 e. The van der Waals surface area contributed by atoms with Crippen molar-refractivity contribution in [1.82, 2.24) is 19.9 Å². The fourth-order valence-electron chi connectivity index (χ4n) is 2.22. The van der Waals surface area contributed by atoms with Crippen LogP contribution in [0.3, 0.4) is 0 Å². The van der Waals surface area contributed by atoms with Crippen LogP contribution in [0, 0.1) is 0 Å². The SMILES string of the molecule is O=C(Nc1ccccc1-n1cncn1)c1cc(-c2ccco2)on1. The molecule has 1 N–H and O–H groups in total. The molecule has 0 unspecified atom stereocenters. The molecule has 0 fully saturated rings. The molecule has 0 saturated heterocycles. The average Bonchev–Trinajstić information content (AvgIpc) is 3.35. The van der Waals surface area contributed by atoms with Crippen LogP contribution in [0.2, 0.25) is 0 Å². The quantitative estimate of drug-likeness (QED) is 0.620. The lowest BCUT2D eigenvalue weighted by Crippen LogP contribution is -2.14. The van der Waals surface area contributed by atoms with Gasteiger partial charge >= 0.3 is 0 Å². The summed E-state index contributed by atoms with van der Waals surface area (Å²) in [6.45, 7) is 0. The summed E-state index contributed by atoms with van der Waals surface area (Å²) in [5, 5.41) is 10.6. The molecule has 1 amide bonds. The van der Waals surface area contributed by atoms with Crippen LogP contribution in [0.15, 0.2) is 70.3 Å². The Labute approximate surface area is 135 Å². The summed E-state index contributed by atoms with van der Waals surface area (Å²) in [6, 6.07) is 12.2. The van der Waals surface area contributed by atoms with Gasteiger partial charge in [0, 0.05) is 6.07 Å². The number of para-hydroxylation sites is 2. The monoisotopic (exact) mass is 321 g/mol. The second-order valence-electron chi connectivity index (χ2n) is 4.87. The van der Waals surface area contributed by atoms with E-state index in [2.05, 4.69) is 20.6 Å². The zero-order valence-electron chi connectivity index (χ0n) is 12.3. The number of anilines is 1. The number of rotatable bonds is 4. The van der Waals surface area contributed by atoms with E-state index in [-0.39, 0.29) is 5.69 Å². The second kappa shape index (κ2) is 5.84. The van der Waals surface area contributed by atoms with Crippen molar-refractivity contribution in [3.8, 4) is 17.2 Å². The fourth-order valence-corrected chi connectivity index (χ4v) is 2.22. The number of carbonyl (C=O) groups excluding carboxylic acids is 1. The number of amides is 1. The summed E-state index contributed by atoms with van der Waals surface area (Å²) in [5.74, 6) is 0.489. The number of aromatic nitrogens is 4. The van der Waals surface area contributed by atoms with Crippen LogP contribution in [-0.2, 0) is 0 Å². The van der Waals surface area contributed by atoms with Crippen LogP contribution in [0.4, 0.5) is 5.69 Å². The maximum Gasteiger partial charge on any atom is 0.277 e. The summed E-state index contributed by atoms with van der Waals surface area (Å²) in [5.41, 5.74) is 1.42. The van der Waals surface area contributed by atoms with E-state index >= 15 is 0 Å². The molecule has 0 aliphatic rings. The first-order valence-corrected chi connectivity index (χ1v) is 7.07. The van der Waals surface area contributed by atoms with E-state index < -0.39 is 5.91 Å². The largest absolute Gasteiger partial charge is 0.461 e. The van der Waals surface area contributed by atoms with Gasteiger partial charge in [-0.1, -0.05) is 17.3 Å². The van der Waals surface area contributed by atoms with E-state index in [1.54, 1.807) is 29.2 Å². The number of nitrogens with one attached hydrogen (secondary N) is 1. The normalized spacial score (nSPS) is 10.7. The van der Waals surface area contributed by atoms with E-state index in [0.29, 0.717) is 22.9 Å². The summed E-state index contributed by atoms with van der Waals surface area (Å²) in [7, 11) is 0. The van der Waals surface area contributed by atoms with Gasteiger partial charge in [0.25, 0.3) is 5.91 Å². The predicted octanol–water partition coefficient (Wildman–Crippen LogP) is 2.77. The Morgan fingerprint density at radius 3 is 2.83 bits per heavy atom. The average molecular weight is 321 g/mol. The lowest BCUT2D eigenvalue weighted by molar-refractivity contribution is 0.101. The Hall–Kier alpha value is -3.68. The van der Waals surface area contributed by atoms with Gasteiger partial charge in [0.2, 0.25) is 5.76 Å². The van der Waals surface area contributed by atoms with Gasteiger partial charge < -0.3 is 14.3 Å². The zero-order chi connectivity index (χ0) is 16.4. The molecule has 0 atom stereocenters. The minimum absolute atomic E-state index is 0.148. The molecular weight excluding hydrogens is 310 g/mol. The minimum atomic E-state index is -0.399. The van der Waals surface area contributed by atoms with Gasteiger partial charge in [-0.15, -0.1) is 0 Å². The number of furan rings is 1. The second-order valence-corrected chi connectivity index (χ2v) is 4.87. The van der Waals surface area contributed by atoms with Crippen molar-refractivity contribution < 1.29 is 13.7 Å². The first kappa shape index (κ1) is 13.9. The van der Waals surface area contributed by atoms with E-state index in [0.717, 1.165) is 0 Å². The first-order chi connectivity index (χ1) is 11.8. The Balaban J connectivity index is 1.59. The maximum atomic E-state index is 12.4. The Morgan fingerprint density at radius 2 is 2.04 bits per heavy atom. The number of carbonyl (C=O) groups is 1. The van der Waals surface area contributed by atoms with Gasteiger partial charge in [-0.05, 0) is 24.3 Å². The molecule has 4 aromatic rings. The fraction of sp³-hybridized carbons (Fsp3) is 0. The third kappa shape index (κ3) is 2.56. The standard InChI is InChI=1S/C16H11N5O3/c22-16(12-8-15(24-20-12)14-6-3-7-23-14)19-11-4-1-2-5-13(11)21-10-17-9-18-21/h1-10H,(H,19,22). The Morgan fingerprint density at radius 1 is 1.12 bits per heavy atom. The molecule has 0 aliphatic heterocycles. The van der Waals surface area contributed by atoms with Crippen LogP contribution >= 0.6 is 0 Å². The molecule has 3 aromatic heterocycles. The highest BCUT2D eigenvalue weighted by molar-refractivity contribution is 6.04. The molecule has 0 spiro atoms. The summed E-state index contributed by atoms with van der Waals surface area (Å²) in [4.78, 5) is 16.3. The van der Waals surface area contributed by atoms with Gasteiger partial charge in [0.1, 0.15) is 12.7 Å². The van der Waals surface area contributed by atoms with Gasteiger partial charge in [0.15, 0.2) is 11.5 Å². The van der Waals surface area contributed by atoms with Gasteiger partial charge in [0.05, 0.1) is 17.6 Å². The maximum absolute atomic E-state index is 12.4. The lowest BCUT2D eigenvalue weighted by atomic mass is 10.2. The molecule has 8 heteroatoms. The molecule has 3 heterocycles. The predicted molar refractivity (Wildman–Crippen MR) is 83.5 cm³/mol. The lowest BCUT2D eigenvalue weighted by Gasteiger charge is -2.09. The van der Waals surface area contributed by atoms with Crippen LogP contribution in [0.1, 0.15) is 10.5 Å². The number of nitrogens with zero attached hydrogens (tertiary/aromatic N) is 4. The zero-order valence-corrected chi connectivity index (χ0v) is 12.3. The highest BCUT2D eigenvalue weighted by Gasteiger charge is 2.16. The van der Waals surface area contributed by atoms with Crippen LogP contribution in [-0.4, -0.2) is 25.8 Å². The minimum Gasteiger partial charge on any atom is -0.461 e. The molecule has 1 aromatic carbocycles. The van der Waals surface area contributed by atoms with Crippen molar-refractivity contribution in [2.24, 2.45) is 0 Å². The summed E-state index contributed by atoms with van der Waals surface area (Å²) < 4.78 is 11.9. The van der Waals surface area contributed by atoms with E-state index in [1.165, 1.54) is 18.7 Å². The molecule has 118 valence electrons. The third-order valence-corrected chi connectivity index (χ3v) is 3.32. The van der Waals surface area contributed by atoms with Crippen molar-refractivity contribution in [3.05, 3.63) is 67.1 Å². The number of hydrogen-bond donors (Lipinski definition) is 1. The number of hydrogen-bond acceptors (Lipinski definition) is 6. The molecule has 0 aliphatic carbocycles. The van der Waals surface area contributed by atoms with Crippen LogP contribution < -0.4 is 5.32 Å². The van der Waals surface area contributed by atoms with Gasteiger partial charge in [-0.2, -0.15) is 5.10 Å². The summed E-state index contributed by atoms with van der Waals surface area (Å²) in [6.07, 6.45) is 4.49. The number of benzene rings is 1. The topological polar surface area (TPSA) is 99.0 Å². The van der Waals surface area contributed by atoms with Crippen molar-refractivity contribution in [2.75, 3.05) is 5.32 Å². The highest BCUT2D eigenvalue weighted by atomic mass is 16.5. The first-order valence-electron chi connectivity index (χ1n) is 7.07. The van der Waals surface area contributed by atoms with Crippen molar-refractivity contribution in [2.45, 2.75) is 0 Å². The van der Waals surface area contributed by atoms with E-state index in [4.69, 9.17) is 8.94 Å². The van der Waals surface area contributed by atoms with Gasteiger partial charge in [-0.3, -0.25) is 4.79 Å². The Bertz CT molecular complexity index is 957. The van der Waals surface area contributed by atoms with E-state index in [9.17, 15) is 4.79 Å². The molecular formula is C16H11N5O3. The van der Waals surface area contributed by atoms with Crippen molar-refractivity contribution in [3.63, 3.8) is 0 Å². The Kier molecular flexibility index (Phi) is 3.39. The molecule has 0 radical (unpaired) electrons. The van der Waals surface area contributed by atoms with Gasteiger partial charge in [-0.25, -0.2) is 9.67 Å². The van der Waals surface area contributed by atoms with E-state index in [1.807, 2.05) is 18.2 Å². The molecule has 4 rings (SSSR count). The van der Waals surface area contributed by atoms with Crippen LogP contribution in [0.5, 0.6) is 0 Å². The molecule has 0 saturated carbocycles.